The molecule has 0 atom stereocenters. The fourth-order valence-corrected chi connectivity index (χ4v) is 8.73. The molecule has 4 aromatic heterocycles. The Morgan fingerprint density at radius 3 is 1.84 bits per heavy atom. The molecule has 0 bridgehead atoms. The van der Waals surface area contributed by atoms with Crippen molar-refractivity contribution < 1.29 is 4.42 Å². The molecule has 238 valence electrons. The van der Waals surface area contributed by atoms with Crippen molar-refractivity contribution in [3.8, 4) is 39.9 Å². The third-order valence-corrected chi connectivity index (χ3v) is 11.0. The van der Waals surface area contributed by atoms with Gasteiger partial charge in [-0.3, -0.25) is 0 Å². The highest BCUT2D eigenvalue weighted by Crippen LogP contribution is 2.46. The van der Waals surface area contributed by atoms with Crippen molar-refractivity contribution in [3.05, 3.63) is 158 Å². The Hall–Kier alpha value is -6.63. The van der Waals surface area contributed by atoms with Crippen molar-refractivity contribution in [1.29, 1.82) is 0 Å². The number of fused-ring (bicyclic) bond motifs is 10. The quantitative estimate of drug-likeness (QED) is 0.187. The summed E-state index contributed by atoms with van der Waals surface area (Å²) in [5, 5.41) is 7.04. The van der Waals surface area contributed by atoms with Crippen molar-refractivity contribution in [2.24, 2.45) is 0 Å². The van der Waals surface area contributed by atoms with E-state index in [9.17, 15) is 0 Å². The zero-order chi connectivity index (χ0) is 33.5. The number of hydrogen-bond acceptors (Lipinski definition) is 5. The Labute approximate surface area is 295 Å². The van der Waals surface area contributed by atoms with E-state index in [0.717, 1.165) is 49.8 Å². The number of rotatable bonds is 4. The monoisotopic (exact) mass is 670 g/mol. The van der Waals surface area contributed by atoms with Gasteiger partial charge in [0.25, 0.3) is 0 Å². The minimum absolute atomic E-state index is 0.562. The van der Waals surface area contributed by atoms with Crippen LogP contribution in [0.1, 0.15) is 0 Å². The van der Waals surface area contributed by atoms with E-state index in [4.69, 9.17) is 19.4 Å². The Kier molecular flexibility index (Phi) is 6.05. The molecule has 11 aromatic rings. The normalized spacial score (nSPS) is 11.9. The summed E-state index contributed by atoms with van der Waals surface area (Å²) < 4.78 is 11.8. The maximum absolute atomic E-state index is 6.82. The summed E-state index contributed by atoms with van der Waals surface area (Å²) in [6.07, 6.45) is 0. The molecule has 51 heavy (non-hydrogen) atoms. The Balaban J connectivity index is 1.26. The predicted molar refractivity (Wildman–Crippen MR) is 211 cm³/mol. The van der Waals surface area contributed by atoms with Gasteiger partial charge in [-0.05, 0) is 36.4 Å². The number of aromatic nitrogens is 4. The maximum Gasteiger partial charge on any atom is 0.167 e. The van der Waals surface area contributed by atoms with Crippen molar-refractivity contribution in [3.63, 3.8) is 0 Å². The van der Waals surface area contributed by atoms with E-state index in [1.54, 1.807) is 0 Å². The van der Waals surface area contributed by atoms with Gasteiger partial charge in [0.15, 0.2) is 17.5 Å². The SMILES string of the molecule is c1ccc(-c2nc(-c3ccccc3)nc(-c3ccc(-n4c5ccccc5c5ccc6sc7ccccc7c6c54)c4c3oc3ccccc34)n2)cc1. The first-order valence-electron chi connectivity index (χ1n) is 17.0. The van der Waals surface area contributed by atoms with E-state index in [-0.39, 0.29) is 0 Å². The molecule has 0 unspecified atom stereocenters. The van der Waals surface area contributed by atoms with Crippen molar-refractivity contribution in [1.82, 2.24) is 19.5 Å². The molecule has 0 amide bonds. The summed E-state index contributed by atoms with van der Waals surface area (Å²) in [4.78, 5) is 15.1. The number of hydrogen-bond donors (Lipinski definition) is 0. The third kappa shape index (κ3) is 4.24. The average Bonchev–Trinajstić information content (AvgIpc) is 3.88. The van der Waals surface area contributed by atoms with Crippen LogP contribution in [0.5, 0.6) is 0 Å². The molecule has 11 rings (SSSR count). The van der Waals surface area contributed by atoms with E-state index in [1.807, 2.05) is 84.1 Å². The first-order chi connectivity index (χ1) is 25.3. The molecule has 0 aliphatic carbocycles. The number of thiophene rings is 1. The second-order valence-electron chi connectivity index (χ2n) is 12.8. The molecule has 0 N–H and O–H groups in total. The highest BCUT2D eigenvalue weighted by molar-refractivity contribution is 7.26. The lowest BCUT2D eigenvalue weighted by Crippen LogP contribution is -2.01. The van der Waals surface area contributed by atoms with Crippen LogP contribution >= 0.6 is 11.3 Å². The van der Waals surface area contributed by atoms with E-state index in [0.29, 0.717) is 17.5 Å². The van der Waals surface area contributed by atoms with Crippen LogP contribution in [0.25, 0.3) is 104 Å². The minimum atomic E-state index is 0.562. The van der Waals surface area contributed by atoms with E-state index in [1.165, 1.54) is 36.5 Å². The van der Waals surface area contributed by atoms with Crippen LogP contribution in [-0.4, -0.2) is 19.5 Å². The van der Waals surface area contributed by atoms with Gasteiger partial charge in [0.2, 0.25) is 0 Å². The van der Waals surface area contributed by atoms with Gasteiger partial charge in [0.1, 0.15) is 11.2 Å². The lowest BCUT2D eigenvalue weighted by molar-refractivity contribution is 0.669. The molecule has 6 heteroatoms. The Morgan fingerprint density at radius 1 is 0.451 bits per heavy atom. The van der Waals surface area contributed by atoms with Crippen molar-refractivity contribution in [2.45, 2.75) is 0 Å². The first-order valence-corrected chi connectivity index (χ1v) is 17.8. The standard InChI is InChI=1S/C45H26N4OS/c1-3-13-27(14-4-1)43-46-44(28-15-5-2-6-16-28)48-45(47-43)33-23-25-35(39-31-18-8-11-21-36(31)50-42(33)39)49-34-20-10-7-17-29(34)30-24-26-38-40(41(30)49)32-19-9-12-22-37(32)51-38/h1-26H. The van der Waals surface area contributed by atoms with Gasteiger partial charge >= 0.3 is 0 Å². The van der Waals surface area contributed by atoms with Crippen molar-refractivity contribution in [2.75, 3.05) is 0 Å². The van der Waals surface area contributed by atoms with Crippen LogP contribution in [0.3, 0.4) is 0 Å². The van der Waals surface area contributed by atoms with Gasteiger partial charge in [0, 0.05) is 47.5 Å². The van der Waals surface area contributed by atoms with Crippen LogP contribution in [0.2, 0.25) is 0 Å². The summed E-state index contributed by atoms with van der Waals surface area (Å²) in [5.41, 5.74) is 7.61. The Bertz CT molecular complexity index is 3080. The summed E-state index contributed by atoms with van der Waals surface area (Å²) in [6, 6.07) is 54.8. The molecule has 0 aliphatic rings. The lowest BCUT2D eigenvalue weighted by atomic mass is 10.0. The predicted octanol–water partition coefficient (Wildman–Crippen LogP) is 12.2. The maximum atomic E-state index is 6.82. The van der Waals surface area contributed by atoms with E-state index < -0.39 is 0 Å². The highest BCUT2D eigenvalue weighted by Gasteiger charge is 2.24. The molecular weight excluding hydrogens is 645 g/mol. The molecule has 0 radical (unpaired) electrons. The zero-order valence-electron chi connectivity index (χ0n) is 27.1. The smallest absolute Gasteiger partial charge is 0.167 e. The number of benzene rings is 7. The topological polar surface area (TPSA) is 56.7 Å². The van der Waals surface area contributed by atoms with Gasteiger partial charge in [-0.15, -0.1) is 11.3 Å². The zero-order valence-corrected chi connectivity index (χ0v) is 27.9. The molecule has 0 aliphatic heterocycles. The fraction of sp³-hybridized carbons (Fsp3) is 0. The third-order valence-electron chi connectivity index (χ3n) is 9.86. The van der Waals surface area contributed by atoms with Crippen molar-refractivity contribution >= 4 is 75.3 Å². The summed E-state index contributed by atoms with van der Waals surface area (Å²) in [5.74, 6) is 1.79. The van der Waals surface area contributed by atoms with Crippen LogP contribution in [0.15, 0.2) is 162 Å². The number of para-hydroxylation sites is 2. The lowest BCUT2D eigenvalue weighted by Gasteiger charge is -2.13. The van der Waals surface area contributed by atoms with Gasteiger partial charge in [-0.1, -0.05) is 121 Å². The highest BCUT2D eigenvalue weighted by atomic mass is 32.1. The molecule has 7 aromatic carbocycles. The number of furan rings is 1. The molecule has 0 saturated carbocycles. The second kappa shape index (κ2) is 10.9. The van der Waals surface area contributed by atoms with Gasteiger partial charge < -0.3 is 8.98 Å². The minimum Gasteiger partial charge on any atom is -0.455 e. The van der Waals surface area contributed by atoms with Gasteiger partial charge in [-0.25, -0.2) is 15.0 Å². The molecular formula is C45H26N4OS. The van der Waals surface area contributed by atoms with Crippen LogP contribution in [-0.2, 0) is 0 Å². The Morgan fingerprint density at radius 2 is 1.08 bits per heavy atom. The molecule has 4 heterocycles. The van der Waals surface area contributed by atoms with E-state index >= 15 is 0 Å². The fourth-order valence-electron chi connectivity index (χ4n) is 7.62. The summed E-state index contributed by atoms with van der Waals surface area (Å²) in [7, 11) is 0. The molecule has 0 saturated heterocycles. The van der Waals surface area contributed by atoms with Crippen LogP contribution in [0.4, 0.5) is 0 Å². The largest absolute Gasteiger partial charge is 0.455 e. The van der Waals surface area contributed by atoms with E-state index in [2.05, 4.69) is 89.5 Å². The average molecular weight is 671 g/mol. The summed E-state index contributed by atoms with van der Waals surface area (Å²) >= 11 is 1.84. The second-order valence-corrected chi connectivity index (χ2v) is 13.8. The first kappa shape index (κ1) is 28.2. The summed E-state index contributed by atoms with van der Waals surface area (Å²) in [6.45, 7) is 0. The van der Waals surface area contributed by atoms with Crippen LogP contribution < -0.4 is 0 Å². The molecule has 0 spiro atoms. The van der Waals surface area contributed by atoms with Gasteiger partial charge in [-0.2, -0.15) is 0 Å². The molecule has 5 nitrogen and oxygen atoms in total. The van der Waals surface area contributed by atoms with Gasteiger partial charge in [0.05, 0.1) is 27.7 Å². The number of nitrogens with zero attached hydrogens (tertiary/aromatic N) is 4. The molecule has 0 fully saturated rings. The van der Waals surface area contributed by atoms with Crippen LogP contribution in [0, 0.1) is 0 Å².